The second-order valence-corrected chi connectivity index (χ2v) is 14.4. The summed E-state index contributed by atoms with van der Waals surface area (Å²) in [5, 5.41) is 10.6. The molecule has 2 heterocycles. The largest absolute Gasteiger partial charge is 0.444 e. The Morgan fingerprint density at radius 3 is 2.67 bits per heavy atom. The molecule has 9 nitrogen and oxygen atoms in total. The van der Waals surface area contributed by atoms with Crippen LogP contribution in [-0.2, 0) is 21.1 Å². The monoisotopic (exact) mass is 653 g/mol. The quantitative estimate of drug-likeness (QED) is 0.0998. The van der Waals surface area contributed by atoms with Gasteiger partial charge in [0.25, 0.3) is 0 Å². The highest BCUT2D eigenvalue weighted by Crippen LogP contribution is 2.39. The maximum Gasteiger partial charge on any atom is 0.413 e. The first-order valence-corrected chi connectivity index (χ1v) is 15.7. The molecular weight excluding hydrogens is 629 g/mol. The molecule has 0 atom stereocenters. The van der Waals surface area contributed by atoms with Crippen LogP contribution in [0.4, 0.5) is 14.9 Å². The van der Waals surface area contributed by atoms with Gasteiger partial charge in [-0.1, -0.05) is 0 Å². The third-order valence-electron chi connectivity index (χ3n) is 5.39. The van der Waals surface area contributed by atoms with Gasteiger partial charge in [0.05, 0.1) is 37.3 Å². The number of alkyl carbamates (subject to hydrolysis) is 1. The van der Waals surface area contributed by atoms with Crippen molar-refractivity contribution in [2.24, 2.45) is 0 Å². The number of sulfone groups is 1. The smallest absolute Gasteiger partial charge is 0.413 e. The summed E-state index contributed by atoms with van der Waals surface area (Å²) in [7, 11) is -4.06. The fourth-order valence-electron chi connectivity index (χ4n) is 3.68. The summed E-state index contributed by atoms with van der Waals surface area (Å²) in [4.78, 5) is 16.7. The number of nitrogen functional groups attached to an aromatic ring is 1. The number of nitrogens with zero attached hydrogens (tertiary/aromatic N) is 2. The molecule has 0 unspecified atom stereocenters. The number of thiophene rings is 1. The Morgan fingerprint density at radius 1 is 1.28 bits per heavy atom. The van der Waals surface area contributed by atoms with Gasteiger partial charge in [-0.05, 0) is 79.4 Å². The van der Waals surface area contributed by atoms with Gasteiger partial charge >= 0.3 is 6.09 Å². The highest BCUT2D eigenvalue weighted by molar-refractivity contribution is 9.10. The molecule has 4 aromatic rings. The molecule has 4 N–H and O–H groups in total. The Labute approximate surface area is 241 Å². The lowest BCUT2D eigenvalue weighted by molar-refractivity contribution is 0.0563. The Morgan fingerprint density at radius 2 is 2.00 bits per heavy atom. The van der Waals surface area contributed by atoms with Crippen LogP contribution < -0.4 is 11.1 Å². The van der Waals surface area contributed by atoms with E-state index in [2.05, 4.69) is 26.2 Å². The van der Waals surface area contributed by atoms with Gasteiger partial charge in [-0.3, -0.25) is 10.7 Å². The summed E-state index contributed by atoms with van der Waals surface area (Å²) in [6.07, 6.45) is 2.43. The minimum Gasteiger partial charge on any atom is -0.444 e. The second kappa shape index (κ2) is 10.9. The summed E-state index contributed by atoms with van der Waals surface area (Å²) >= 11 is 5.71. The van der Waals surface area contributed by atoms with E-state index in [-0.39, 0.29) is 27.0 Å². The number of halogens is 2. The van der Waals surface area contributed by atoms with Crippen LogP contribution in [0.5, 0.6) is 0 Å². The zero-order chi connectivity index (χ0) is 28.7. The summed E-state index contributed by atoms with van der Waals surface area (Å²) in [6, 6.07) is 8.58. The predicted molar refractivity (Wildman–Crippen MR) is 155 cm³/mol. The van der Waals surface area contributed by atoms with Crippen molar-refractivity contribution in [1.82, 2.24) is 14.9 Å². The van der Waals surface area contributed by atoms with Crippen LogP contribution in [0.1, 0.15) is 31.2 Å². The van der Waals surface area contributed by atoms with E-state index in [1.54, 1.807) is 31.6 Å². The minimum atomic E-state index is -4.06. The van der Waals surface area contributed by atoms with E-state index < -0.39 is 27.3 Å². The van der Waals surface area contributed by atoms with Gasteiger partial charge in [-0.25, -0.2) is 22.6 Å². The van der Waals surface area contributed by atoms with Crippen molar-refractivity contribution >= 4 is 77.5 Å². The van der Waals surface area contributed by atoms with E-state index in [4.69, 9.17) is 15.9 Å². The Balaban J connectivity index is 1.72. The number of amides is 1. The van der Waals surface area contributed by atoms with Gasteiger partial charge in [0.2, 0.25) is 9.84 Å². The molecule has 0 saturated heterocycles. The van der Waals surface area contributed by atoms with E-state index in [9.17, 15) is 17.6 Å². The van der Waals surface area contributed by atoms with Crippen LogP contribution in [0.2, 0.25) is 0 Å². The van der Waals surface area contributed by atoms with Crippen molar-refractivity contribution in [3.05, 3.63) is 63.5 Å². The van der Waals surface area contributed by atoms with Gasteiger partial charge < -0.3 is 15.0 Å². The molecule has 206 valence electrons. The molecule has 0 aliphatic rings. The first-order chi connectivity index (χ1) is 18.2. The summed E-state index contributed by atoms with van der Waals surface area (Å²) in [5.41, 5.74) is 6.80. The number of hydrogen-bond acceptors (Lipinski definition) is 9. The Kier molecular flexibility index (Phi) is 8.13. The SMILES string of the molecule is CSc1sc(C(=N)NC(=O)OC(C)(C)C)cc1S(=O)(=O)c1cc(Br)c2ncn(Cc3cc(N)ccc3F)c2c1. The fourth-order valence-corrected chi connectivity index (χ4v) is 8.33. The van der Waals surface area contributed by atoms with Crippen molar-refractivity contribution in [2.45, 2.75) is 46.9 Å². The second-order valence-electron chi connectivity index (χ2n) is 9.47. The van der Waals surface area contributed by atoms with E-state index >= 15 is 0 Å². The number of carbonyl (C=O) groups is 1. The molecule has 0 spiro atoms. The number of rotatable bonds is 6. The van der Waals surface area contributed by atoms with E-state index in [0.29, 0.717) is 31.0 Å². The Hall–Kier alpha value is -2.94. The van der Waals surface area contributed by atoms with E-state index in [1.807, 2.05) is 0 Å². The van der Waals surface area contributed by atoms with Crippen LogP contribution in [0.3, 0.4) is 0 Å². The molecule has 2 aromatic carbocycles. The van der Waals surface area contributed by atoms with E-state index in [0.717, 1.165) is 11.3 Å². The van der Waals surface area contributed by atoms with Gasteiger partial charge in [-0.15, -0.1) is 23.1 Å². The number of thioether (sulfide) groups is 1. The van der Waals surface area contributed by atoms with E-state index in [1.165, 1.54) is 54.5 Å². The molecule has 0 bridgehead atoms. The third kappa shape index (κ3) is 6.29. The van der Waals surface area contributed by atoms with Crippen molar-refractivity contribution in [3.63, 3.8) is 0 Å². The number of imidazole rings is 1. The van der Waals surface area contributed by atoms with Crippen LogP contribution in [0.15, 0.2) is 61.2 Å². The maximum absolute atomic E-state index is 14.4. The number of aromatic nitrogens is 2. The molecule has 2 aromatic heterocycles. The number of hydrogen-bond donors (Lipinski definition) is 3. The van der Waals surface area contributed by atoms with Gasteiger partial charge in [0.1, 0.15) is 22.8 Å². The normalized spacial score (nSPS) is 12.1. The van der Waals surface area contributed by atoms with Gasteiger partial charge in [0.15, 0.2) is 0 Å². The topological polar surface area (TPSA) is 140 Å². The van der Waals surface area contributed by atoms with Gasteiger partial charge in [0, 0.05) is 15.7 Å². The number of fused-ring (bicyclic) bond motifs is 1. The van der Waals surface area contributed by atoms with Crippen LogP contribution in [0.25, 0.3) is 11.0 Å². The number of benzene rings is 2. The maximum atomic E-state index is 14.4. The molecule has 0 saturated carbocycles. The molecule has 39 heavy (non-hydrogen) atoms. The van der Waals surface area contributed by atoms with Gasteiger partial charge in [-0.2, -0.15) is 0 Å². The molecule has 0 aliphatic heterocycles. The van der Waals surface area contributed by atoms with Crippen molar-refractivity contribution in [3.8, 4) is 0 Å². The highest BCUT2D eigenvalue weighted by atomic mass is 79.9. The molecule has 4 rings (SSSR count). The van der Waals surface area contributed by atoms with Crippen molar-refractivity contribution in [2.75, 3.05) is 12.0 Å². The number of nitrogens with two attached hydrogens (primary N) is 1. The fraction of sp³-hybridized carbons (Fsp3) is 0.240. The summed E-state index contributed by atoms with van der Waals surface area (Å²) in [5.74, 6) is -0.711. The summed E-state index contributed by atoms with van der Waals surface area (Å²) < 4.78 is 49.8. The lowest BCUT2D eigenvalue weighted by Gasteiger charge is -2.19. The first-order valence-electron chi connectivity index (χ1n) is 11.4. The average Bonchev–Trinajstić information content (AvgIpc) is 3.45. The van der Waals surface area contributed by atoms with Crippen LogP contribution in [-0.4, -0.2) is 41.8 Å². The first kappa shape index (κ1) is 29.1. The predicted octanol–water partition coefficient (Wildman–Crippen LogP) is 6.03. The molecule has 0 aliphatic carbocycles. The Bertz CT molecular complexity index is 1710. The molecule has 0 fully saturated rings. The highest BCUT2D eigenvalue weighted by Gasteiger charge is 2.28. The number of nitrogens with one attached hydrogen (secondary N) is 2. The molecule has 1 amide bonds. The number of ether oxygens (including phenoxy) is 1. The third-order valence-corrected chi connectivity index (χ3v) is 10.3. The standard InChI is InChI=1S/C25H25BrFN5O4S3/c1-25(2,3)36-24(33)31-22(29)19-10-20(23(37-4)38-19)39(34,35)15-8-16(26)21-18(9-15)32(12-30-21)11-13-7-14(28)5-6-17(13)27/h5-10,12H,11,28H2,1-4H3,(H2,29,31,33). The lowest BCUT2D eigenvalue weighted by Crippen LogP contribution is -2.36. The van der Waals surface area contributed by atoms with Crippen LogP contribution in [0, 0.1) is 11.2 Å². The molecule has 0 radical (unpaired) electrons. The number of amidine groups is 1. The summed E-state index contributed by atoms with van der Waals surface area (Å²) in [6.45, 7) is 5.19. The average molecular weight is 655 g/mol. The minimum absolute atomic E-state index is 0.00457. The zero-order valence-electron chi connectivity index (χ0n) is 21.3. The van der Waals surface area contributed by atoms with Crippen molar-refractivity contribution < 1.29 is 22.3 Å². The number of anilines is 1. The molecular formula is C25H25BrFN5O4S3. The number of carbonyl (C=O) groups excluding carboxylic acids is 1. The van der Waals surface area contributed by atoms with Crippen LogP contribution >= 0.6 is 39.0 Å². The zero-order valence-corrected chi connectivity index (χ0v) is 25.4. The van der Waals surface area contributed by atoms with Crippen molar-refractivity contribution in [1.29, 1.82) is 5.41 Å². The lowest BCUT2D eigenvalue weighted by atomic mass is 10.2. The molecule has 14 heteroatoms.